The Morgan fingerprint density at radius 2 is 1.89 bits per heavy atom. The molecule has 2 aromatic carbocycles. The average molecular weight is 426 g/mol. The van der Waals surface area contributed by atoms with Crippen molar-refractivity contribution in [3.05, 3.63) is 58.6 Å². The smallest absolute Gasteiger partial charge is 0.387 e. The van der Waals surface area contributed by atoms with Crippen LogP contribution in [0.15, 0.2) is 47.8 Å². The van der Waals surface area contributed by atoms with Gasteiger partial charge in [-0.2, -0.15) is 8.78 Å². The molecule has 0 aliphatic rings. The maximum absolute atomic E-state index is 12.3. The molecule has 3 aromatic rings. The van der Waals surface area contributed by atoms with Crippen molar-refractivity contribution in [3.8, 4) is 11.5 Å². The minimum atomic E-state index is -2.88. The minimum Gasteiger partial charge on any atom is -0.495 e. The second kappa shape index (κ2) is 8.85. The number of hydrogen-bond donors (Lipinski definition) is 2. The summed E-state index contributed by atoms with van der Waals surface area (Å²) in [4.78, 5) is 16.6. The lowest BCUT2D eigenvalue weighted by Gasteiger charge is -2.07. The fraction of sp³-hybridized carbons (Fsp3) is 0.111. The number of ether oxygens (including phenoxy) is 2. The van der Waals surface area contributed by atoms with Crippen molar-refractivity contribution in [2.24, 2.45) is 0 Å². The second-order valence-electron chi connectivity index (χ2n) is 5.37. The van der Waals surface area contributed by atoms with E-state index in [1.165, 1.54) is 30.6 Å². The zero-order valence-corrected chi connectivity index (χ0v) is 16.0. The predicted molar refractivity (Wildman–Crippen MR) is 104 cm³/mol. The van der Waals surface area contributed by atoms with Crippen molar-refractivity contribution >= 4 is 45.4 Å². The van der Waals surface area contributed by atoms with Crippen LogP contribution in [0.25, 0.3) is 0 Å². The molecule has 0 aliphatic heterocycles. The summed E-state index contributed by atoms with van der Waals surface area (Å²) in [6.07, 6.45) is 0. The first-order valence-corrected chi connectivity index (χ1v) is 9.12. The number of anilines is 3. The van der Waals surface area contributed by atoms with Crippen LogP contribution in [-0.2, 0) is 0 Å². The maximum atomic E-state index is 12.3. The molecule has 0 saturated heterocycles. The van der Waals surface area contributed by atoms with Gasteiger partial charge in [-0.25, -0.2) is 4.98 Å². The molecule has 0 unspecified atom stereocenters. The molecule has 2 N–H and O–H groups in total. The molecule has 6 nitrogen and oxygen atoms in total. The van der Waals surface area contributed by atoms with E-state index in [9.17, 15) is 13.6 Å². The number of carbonyl (C=O) groups excluding carboxylic acids is 1. The number of aromatic nitrogens is 1. The molecule has 0 saturated carbocycles. The largest absolute Gasteiger partial charge is 0.495 e. The number of rotatable bonds is 7. The van der Waals surface area contributed by atoms with Gasteiger partial charge in [0.15, 0.2) is 5.13 Å². The van der Waals surface area contributed by atoms with Crippen LogP contribution in [0.1, 0.15) is 10.5 Å². The summed E-state index contributed by atoms with van der Waals surface area (Å²) in [6, 6.07) is 10.8. The maximum Gasteiger partial charge on any atom is 0.387 e. The summed E-state index contributed by atoms with van der Waals surface area (Å²) in [5.41, 5.74) is 1.34. The standard InChI is InChI=1S/C18H14ClF2N3O3S/c1-26-15-7-4-11(8-13(15)19)22-16(25)14-9-28-18(24-14)23-10-2-5-12(6-3-10)27-17(20)21/h2-9,17H,1H3,(H,22,25)(H,23,24). The summed E-state index contributed by atoms with van der Waals surface area (Å²) >= 11 is 7.27. The topological polar surface area (TPSA) is 72.5 Å². The molecule has 3 rings (SSSR count). The number of thiazole rings is 1. The Bertz CT molecular complexity index is 967. The summed E-state index contributed by atoms with van der Waals surface area (Å²) < 4.78 is 33.7. The van der Waals surface area contributed by atoms with E-state index in [-0.39, 0.29) is 11.4 Å². The van der Waals surface area contributed by atoms with Crippen molar-refractivity contribution in [2.75, 3.05) is 17.7 Å². The fourth-order valence-electron chi connectivity index (χ4n) is 2.22. The van der Waals surface area contributed by atoms with Crippen molar-refractivity contribution in [2.45, 2.75) is 6.61 Å². The van der Waals surface area contributed by atoms with E-state index in [1.807, 2.05) is 0 Å². The van der Waals surface area contributed by atoms with Crippen LogP contribution >= 0.6 is 22.9 Å². The monoisotopic (exact) mass is 425 g/mol. The molecule has 0 spiro atoms. The molecule has 28 heavy (non-hydrogen) atoms. The number of carbonyl (C=O) groups is 1. The van der Waals surface area contributed by atoms with Crippen molar-refractivity contribution < 1.29 is 23.0 Å². The van der Waals surface area contributed by atoms with Gasteiger partial charge in [0.2, 0.25) is 0 Å². The van der Waals surface area contributed by atoms with E-state index >= 15 is 0 Å². The van der Waals surface area contributed by atoms with Gasteiger partial charge >= 0.3 is 6.61 Å². The highest BCUT2D eigenvalue weighted by Gasteiger charge is 2.12. The van der Waals surface area contributed by atoms with Crippen LogP contribution < -0.4 is 20.1 Å². The van der Waals surface area contributed by atoms with Gasteiger partial charge in [0.25, 0.3) is 5.91 Å². The molecule has 0 bridgehead atoms. The Morgan fingerprint density at radius 3 is 2.54 bits per heavy atom. The van der Waals surface area contributed by atoms with E-state index in [1.54, 1.807) is 35.7 Å². The molecule has 0 atom stereocenters. The molecule has 1 amide bonds. The third kappa shape index (κ3) is 5.08. The lowest BCUT2D eigenvalue weighted by molar-refractivity contribution is -0.0498. The van der Waals surface area contributed by atoms with Gasteiger partial charge in [0.05, 0.1) is 12.1 Å². The molecular weight excluding hydrogens is 412 g/mol. The number of nitrogens with zero attached hydrogens (tertiary/aromatic N) is 1. The zero-order valence-electron chi connectivity index (χ0n) is 14.4. The van der Waals surface area contributed by atoms with E-state index < -0.39 is 12.5 Å². The quantitative estimate of drug-likeness (QED) is 0.530. The second-order valence-corrected chi connectivity index (χ2v) is 6.63. The van der Waals surface area contributed by atoms with E-state index in [0.717, 1.165) is 0 Å². The van der Waals surface area contributed by atoms with Gasteiger partial charge in [-0.3, -0.25) is 4.79 Å². The molecule has 10 heteroatoms. The van der Waals surface area contributed by atoms with E-state index in [0.29, 0.717) is 27.3 Å². The highest BCUT2D eigenvalue weighted by molar-refractivity contribution is 7.14. The molecular formula is C18H14ClF2N3O3S. The molecule has 0 aliphatic carbocycles. The first kappa shape index (κ1) is 19.8. The lowest BCUT2D eigenvalue weighted by Crippen LogP contribution is -2.12. The van der Waals surface area contributed by atoms with Gasteiger partial charge in [-0.15, -0.1) is 11.3 Å². The highest BCUT2D eigenvalue weighted by Crippen LogP contribution is 2.28. The Kier molecular flexibility index (Phi) is 6.27. The minimum absolute atomic E-state index is 0.0536. The summed E-state index contributed by atoms with van der Waals surface area (Å²) in [5.74, 6) is 0.161. The summed E-state index contributed by atoms with van der Waals surface area (Å²) in [6.45, 7) is -2.88. The third-order valence-electron chi connectivity index (χ3n) is 3.48. The van der Waals surface area contributed by atoms with E-state index in [2.05, 4.69) is 20.4 Å². The molecule has 0 radical (unpaired) electrons. The first-order valence-electron chi connectivity index (χ1n) is 7.87. The first-order chi connectivity index (χ1) is 13.4. The zero-order chi connectivity index (χ0) is 20.1. The highest BCUT2D eigenvalue weighted by atomic mass is 35.5. The predicted octanol–water partition coefficient (Wildman–Crippen LogP) is 5.40. The van der Waals surface area contributed by atoms with Crippen molar-refractivity contribution in [1.29, 1.82) is 0 Å². The summed E-state index contributed by atoms with van der Waals surface area (Å²) in [7, 11) is 1.50. The van der Waals surface area contributed by atoms with Crippen LogP contribution in [0.4, 0.5) is 25.3 Å². The van der Waals surface area contributed by atoms with Crippen LogP contribution in [0.2, 0.25) is 5.02 Å². The number of nitrogens with one attached hydrogen (secondary N) is 2. The Hall–Kier alpha value is -2.91. The van der Waals surface area contributed by atoms with Gasteiger partial charge in [-0.05, 0) is 42.5 Å². The Balaban J connectivity index is 1.63. The number of amides is 1. The van der Waals surface area contributed by atoms with Crippen molar-refractivity contribution in [3.63, 3.8) is 0 Å². The average Bonchev–Trinajstić information content (AvgIpc) is 3.12. The molecule has 0 fully saturated rings. The number of alkyl halides is 2. The number of hydrogen-bond acceptors (Lipinski definition) is 6. The molecule has 146 valence electrons. The number of benzene rings is 2. The van der Waals surface area contributed by atoms with Crippen LogP contribution in [0, 0.1) is 0 Å². The molecule has 1 heterocycles. The normalized spacial score (nSPS) is 10.6. The molecule has 1 aromatic heterocycles. The Labute approximate surface area is 168 Å². The van der Waals surface area contributed by atoms with Crippen LogP contribution in [-0.4, -0.2) is 24.6 Å². The van der Waals surface area contributed by atoms with Crippen LogP contribution in [0.3, 0.4) is 0 Å². The van der Waals surface area contributed by atoms with Gasteiger partial charge < -0.3 is 20.1 Å². The van der Waals surface area contributed by atoms with E-state index in [4.69, 9.17) is 16.3 Å². The third-order valence-corrected chi connectivity index (χ3v) is 4.53. The summed E-state index contributed by atoms with van der Waals surface area (Å²) in [5, 5.41) is 8.14. The van der Waals surface area contributed by atoms with Gasteiger partial charge in [-0.1, -0.05) is 11.6 Å². The van der Waals surface area contributed by atoms with Crippen LogP contribution in [0.5, 0.6) is 11.5 Å². The van der Waals surface area contributed by atoms with Crippen molar-refractivity contribution in [1.82, 2.24) is 4.98 Å². The number of halogens is 3. The van der Waals surface area contributed by atoms with Gasteiger partial charge in [0, 0.05) is 16.8 Å². The SMILES string of the molecule is COc1ccc(NC(=O)c2csc(Nc3ccc(OC(F)F)cc3)n2)cc1Cl. The van der Waals surface area contributed by atoms with Gasteiger partial charge in [0.1, 0.15) is 17.2 Å². The fourth-order valence-corrected chi connectivity index (χ4v) is 3.19. The lowest BCUT2D eigenvalue weighted by atomic mass is 10.3. The number of methoxy groups -OCH3 is 1. The Morgan fingerprint density at radius 1 is 1.18 bits per heavy atom.